The number of aryl methyl sites for hydroxylation is 1. The molecule has 1 aliphatic heterocycles. The van der Waals surface area contributed by atoms with Crippen LogP contribution in [0.3, 0.4) is 0 Å². The Hall–Kier alpha value is -5.64. The highest BCUT2D eigenvalue weighted by Crippen LogP contribution is 2.70. The smallest absolute Gasteiger partial charge is 0.254 e. The maximum Gasteiger partial charge on any atom is 0.254 e. The largest absolute Gasteiger partial charge is 0.507 e. The normalized spacial score (nSPS) is 23.1. The number of aliphatic hydroxyl groups is 1. The van der Waals surface area contributed by atoms with E-state index in [9.17, 15) is 19.8 Å². The molecule has 0 radical (unpaired) electrons. The average molecular weight is 831 g/mol. The van der Waals surface area contributed by atoms with E-state index in [1.54, 1.807) is 29.5 Å². The monoisotopic (exact) mass is 830 g/mol. The molecular weight excluding hydrogens is 781 g/mol. The van der Waals surface area contributed by atoms with Gasteiger partial charge in [-0.05, 0) is 86.6 Å². The number of hydrogen-bond donors (Lipinski definition) is 4. The predicted molar refractivity (Wildman–Crippen MR) is 226 cm³/mol. The van der Waals surface area contributed by atoms with E-state index < -0.39 is 18.1 Å². The summed E-state index contributed by atoms with van der Waals surface area (Å²) in [5.41, 5.74) is 8.21. The van der Waals surface area contributed by atoms with Crippen molar-refractivity contribution in [1.82, 2.24) is 40.4 Å². The molecule has 3 aliphatic carbocycles. The van der Waals surface area contributed by atoms with Crippen LogP contribution in [-0.4, -0.2) is 102 Å². The van der Waals surface area contributed by atoms with Crippen LogP contribution in [0.4, 0.5) is 0 Å². The second kappa shape index (κ2) is 15.4. The number of amides is 2. The van der Waals surface area contributed by atoms with Crippen molar-refractivity contribution in [3.8, 4) is 33.3 Å². The van der Waals surface area contributed by atoms with Crippen molar-refractivity contribution in [2.24, 2.45) is 5.92 Å². The molecule has 312 valence electrons. The number of ether oxygens (including phenoxy) is 1. The number of H-pyrrole nitrogens is 1. The van der Waals surface area contributed by atoms with Crippen LogP contribution in [0.25, 0.3) is 32.7 Å². The number of β-amino-alcohol motifs (C(OH)–C–C–N with tert-alkyl or cyclic N) is 1. The highest BCUT2D eigenvalue weighted by molar-refractivity contribution is 7.13. The number of para-hydroxylation sites is 1. The number of phenols is 1. The zero-order valence-corrected chi connectivity index (χ0v) is 35.2. The summed E-state index contributed by atoms with van der Waals surface area (Å²) in [5, 5.41) is 38.0. The Balaban J connectivity index is 0.783. The fraction of sp³-hybridized carbons (Fsp3) is 0.422. The lowest BCUT2D eigenvalue weighted by Crippen LogP contribution is -2.76. The number of hydrogen-bond acceptors (Lipinski definition) is 12. The number of carbonyl (C=O) groups excluding carboxylic acids is 2. The lowest BCUT2D eigenvalue weighted by molar-refractivity contribution is -0.164. The van der Waals surface area contributed by atoms with E-state index in [1.807, 2.05) is 75.7 Å². The number of nitrogens with one attached hydrogen (secondary N) is 2. The van der Waals surface area contributed by atoms with E-state index in [2.05, 4.69) is 48.7 Å². The van der Waals surface area contributed by atoms with Gasteiger partial charge < -0.3 is 34.7 Å². The van der Waals surface area contributed by atoms with Gasteiger partial charge in [-0.15, -0.1) is 21.5 Å². The predicted octanol–water partition coefficient (Wildman–Crippen LogP) is 6.51. The SMILES string of the molecule is Cc1ncsc1-c1ccc([C@H](C)NC(=O)[C@@H]2C[C@@H](O)CN2C(=O)[C@@H](c2cc(OCCN(C)C34CC(c5cc6cc(-c7ccccc7O)nnc6[nH]5)(C3)C4)no2)C(C)C)cc1. The highest BCUT2D eigenvalue weighted by Gasteiger charge is 2.70. The fourth-order valence-electron chi connectivity index (χ4n) is 9.59. The summed E-state index contributed by atoms with van der Waals surface area (Å²) < 4.78 is 11.8. The quantitative estimate of drug-likeness (QED) is 0.0939. The van der Waals surface area contributed by atoms with Crippen molar-refractivity contribution in [1.29, 1.82) is 0 Å². The Bertz CT molecular complexity index is 2530. The van der Waals surface area contributed by atoms with Crippen molar-refractivity contribution >= 4 is 34.2 Å². The first-order valence-electron chi connectivity index (χ1n) is 20.6. The van der Waals surface area contributed by atoms with Gasteiger partial charge in [0, 0.05) is 53.2 Å². The fourth-order valence-corrected chi connectivity index (χ4v) is 10.4. The van der Waals surface area contributed by atoms with Crippen molar-refractivity contribution in [2.45, 2.75) is 88.4 Å². The van der Waals surface area contributed by atoms with Gasteiger partial charge in [-0.25, -0.2) is 4.98 Å². The maximum absolute atomic E-state index is 14.2. The summed E-state index contributed by atoms with van der Waals surface area (Å²) in [7, 11) is 2.13. The summed E-state index contributed by atoms with van der Waals surface area (Å²) in [6.45, 7) is 8.88. The van der Waals surface area contributed by atoms with Crippen LogP contribution in [0.5, 0.6) is 11.6 Å². The Morgan fingerprint density at radius 2 is 1.85 bits per heavy atom. The van der Waals surface area contributed by atoms with Gasteiger partial charge in [0.2, 0.25) is 11.8 Å². The number of benzene rings is 2. The standard InChI is InChI=1S/C45H50N8O6S/c1-25(2)39(43(57)53-20-31(54)18-34(53)42(56)47-26(3)28-10-12-29(13-11-28)40-27(4)46-24-60-40)36-19-38(51-59-36)58-15-14-52(5)45-21-44(22-45,23-45)37-17-30-16-33(49-50-41(30)48-37)32-8-6-7-9-35(32)55/h6-13,16-17,19,24-26,31,34,39,54-55H,14-15,18,20-23H2,1-5H3,(H,47,56)(H,48,50)/t26-,31+,34-,39+,44?,45?/m0/s1. The summed E-state index contributed by atoms with van der Waals surface area (Å²) in [6.07, 6.45) is 2.41. The summed E-state index contributed by atoms with van der Waals surface area (Å²) in [6, 6.07) is 19.9. The number of aromatic hydroxyl groups is 1. The first kappa shape index (κ1) is 39.8. The van der Waals surface area contributed by atoms with Gasteiger partial charge in [-0.3, -0.25) is 14.5 Å². The summed E-state index contributed by atoms with van der Waals surface area (Å²) >= 11 is 1.59. The van der Waals surface area contributed by atoms with E-state index in [0.717, 1.165) is 52.0 Å². The van der Waals surface area contributed by atoms with Gasteiger partial charge in [-0.2, -0.15) is 0 Å². The highest BCUT2D eigenvalue weighted by atomic mass is 32.1. The molecule has 4 aromatic heterocycles. The number of likely N-dealkylation sites (tertiary alicyclic amines) is 1. The number of carbonyl (C=O) groups is 2. The minimum atomic E-state index is -0.826. The molecule has 0 spiro atoms. The molecule has 14 nitrogen and oxygen atoms in total. The van der Waals surface area contributed by atoms with Crippen LogP contribution in [0.1, 0.15) is 81.1 Å². The molecule has 4 atom stereocenters. The van der Waals surface area contributed by atoms with E-state index in [4.69, 9.17) is 9.26 Å². The van der Waals surface area contributed by atoms with Crippen LogP contribution < -0.4 is 10.1 Å². The van der Waals surface area contributed by atoms with Crippen LogP contribution in [0.2, 0.25) is 0 Å². The van der Waals surface area contributed by atoms with Crippen molar-refractivity contribution in [3.63, 3.8) is 0 Å². The molecule has 3 saturated carbocycles. The first-order valence-corrected chi connectivity index (χ1v) is 21.5. The second-order valence-corrected chi connectivity index (χ2v) is 18.2. The average Bonchev–Trinajstić information content (AvgIpc) is 4.01. The number of thiazole rings is 1. The van der Waals surface area contributed by atoms with Crippen LogP contribution in [0.15, 0.2) is 76.8 Å². The molecule has 2 bridgehead atoms. The van der Waals surface area contributed by atoms with Crippen molar-refractivity contribution < 1.29 is 29.1 Å². The number of fused-ring (bicyclic) bond motifs is 1. The van der Waals surface area contributed by atoms with Gasteiger partial charge >= 0.3 is 0 Å². The molecular formula is C45H50N8O6S. The van der Waals surface area contributed by atoms with E-state index in [0.29, 0.717) is 36.0 Å². The third kappa shape index (κ3) is 7.11. The van der Waals surface area contributed by atoms with Crippen LogP contribution >= 0.6 is 11.3 Å². The van der Waals surface area contributed by atoms with Crippen molar-refractivity contribution in [2.75, 3.05) is 26.7 Å². The Morgan fingerprint density at radius 3 is 2.57 bits per heavy atom. The molecule has 5 heterocycles. The third-order valence-corrected chi connectivity index (χ3v) is 14.0. The Kier molecular flexibility index (Phi) is 10.2. The summed E-state index contributed by atoms with van der Waals surface area (Å²) in [5.74, 6) is -0.663. The molecule has 4 aliphatic rings. The van der Waals surface area contributed by atoms with E-state index in [-0.39, 0.29) is 53.4 Å². The molecule has 6 aromatic rings. The number of likely N-dealkylation sites (N-methyl/N-ethyl adjacent to an activating group) is 1. The van der Waals surface area contributed by atoms with Gasteiger partial charge in [0.15, 0.2) is 11.4 Å². The first-order chi connectivity index (χ1) is 28.8. The van der Waals surface area contributed by atoms with Gasteiger partial charge in [0.05, 0.1) is 33.9 Å². The molecule has 10 rings (SSSR count). The second-order valence-electron chi connectivity index (χ2n) is 17.3. The zero-order chi connectivity index (χ0) is 41.9. The van der Waals surface area contributed by atoms with Gasteiger partial charge in [0.25, 0.3) is 5.88 Å². The number of phenolic OH excluding ortho intramolecular Hbond substituents is 1. The summed E-state index contributed by atoms with van der Waals surface area (Å²) in [4.78, 5) is 40.7. The topological polar surface area (TPSA) is 183 Å². The van der Waals surface area contributed by atoms with Crippen LogP contribution in [0, 0.1) is 12.8 Å². The number of nitrogens with zero attached hydrogens (tertiary/aromatic N) is 6. The molecule has 15 heteroatoms. The molecule has 2 amide bonds. The molecule has 0 unspecified atom stereocenters. The number of rotatable bonds is 14. The number of aromatic nitrogens is 5. The lowest BCUT2D eigenvalue weighted by atomic mass is 9.38. The number of aromatic amines is 1. The van der Waals surface area contributed by atoms with Gasteiger partial charge in [-0.1, -0.05) is 50.2 Å². The zero-order valence-electron chi connectivity index (χ0n) is 34.4. The minimum Gasteiger partial charge on any atom is -0.507 e. The lowest BCUT2D eigenvalue weighted by Gasteiger charge is -2.73. The molecule has 1 saturated heterocycles. The Labute approximate surface area is 352 Å². The number of aliphatic hydroxyl groups excluding tert-OH is 1. The van der Waals surface area contributed by atoms with E-state index >= 15 is 0 Å². The van der Waals surface area contributed by atoms with Crippen LogP contribution in [-0.2, 0) is 15.0 Å². The van der Waals surface area contributed by atoms with Crippen molar-refractivity contribution in [3.05, 3.63) is 95.0 Å². The Morgan fingerprint density at radius 1 is 1.08 bits per heavy atom. The molecule has 60 heavy (non-hydrogen) atoms. The minimum absolute atomic E-state index is 0.0548. The maximum atomic E-state index is 14.2. The molecule has 4 fully saturated rings. The van der Waals surface area contributed by atoms with Gasteiger partial charge in [0.1, 0.15) is 24.3 Å². The third-order valence-electron chi connectivity index (χ3n) is 13.0. The molecule has 4 N–H and O–H groups in total. The molecule has 2 aromatic carbocycles. The van der Waals surface area contributed by atoms with E-state index in [1.165, 1.54) is 10.6 Å².